The summed E-state index contributed by atoms with van der Waals surface area (Å²) in [5.74, 6) is 0.914. The molecule has 0 aliphatic carbocycles. The van der Waals surface area contributed by atoms with Crippen molar-refractivity contribution in [2.75, 3.05) is 13.7 Å². The van der Waals surface area contributed by atoms with E-state index < -0.39 is 0 Å². The van der Waals surface area contributed by atoms with E-state index in [1.54, 1.807) is 7.11 Å². The standard InChI is InChI=1S/C19H21N3OS/c1-23-14-4-7-18-16(10-14)17-11-21-9-8-19(17)22(18)12-13-2-5-15(24-20)6-3-13/h2-7,10,21H,8-9,11-12,20H2,1H3. The van der Waals surface area contributed by atoms with Crippen molar-refractivity contribution in [2.45, 2.75) is 24.4 Å². The summed E-state index contributed by atoms with van der Waals surface area (Å²) in [6, 6.07) is 14.9. The Morgan fingerprint density at radius 2 is 2.04 bits per heavy atom. The average Bonchev–Trinajstić information content (AvgIpc) is 2.96. The Balaban J connectivity index is 1.81. The lowest BCUT2D eigenvalue weighted by molar-refractivity contribution is 0.415. The molecule has 0 radical (unpaired) electrons. The number of fused-ring (bicyclic) bond motifs is 3. The van der Waals surface area contributed by atoms with Crippen LogP contribution < -0.4 is 15.2 Å². The van der Waals surface area contributed by atoms with Gasteiger partial charge in [-0.3, -0.25) is 5.14 Å². The van der Waals surface area contributed by atoms with Gasteiger partial charge in [0, 0.05) is 47.5 Å². The predicted molar refractivity (Wildman–Crippen MR) is 99.5 cm³/mol. The molecule has 0 saturated carbocycles. The quantitative estimate of drug-likeness (QED) is 0.716. The third kappa shape index (κ3) is 2.69. The number of rotatable bonds is 4. The molecule has 2 heterocycles. The molecule has 1 aliphatic heterocycles. The van der Waals surface area contributed by atoms with E-state index in [-0.39, 0.29) is 0 Å². The number of ether oxygens (including phenoxy) is 1. The Morgan fingerprint density at radius 1 is 1.21 bits per heavy atom. The summed E-state index contributed by atoms with van der Waals surface area (Å²) in [7, 11) is 1.72. The van der Waals surface area contributed by atoms with Gasteiger partial charge in [0.2, 0.25) is 0 Å². The lowest BCUT2D eigenvalue weighted by Gasteiger charge is -2.17. The molecule has 0 bridgehead atoms. The van der Waals surface area contributed by atoms with E-state index in [0.717, 1.165) is 36.7 Å². The molecule has 0 amide bonds. The van der Waals surface area contributed by atoms with Crippen LogP contribution in [0.15, 0.2) is 47.4 Å². The monoisotopic (exact) mass is 339 g/mol. The third-order valence-corrected chi connectivity index (χ3v) is 5.28. The maximum absolute atomic E-state index is 5.62. The maximum Gasteiger partial charge on any atom is 0.119 e. The van der Waals surface area contributed by atoms with Crippen LogP contribution in [-0.2, 0) is 19.5 Å². The van der Waals surface area contributed by atoms with Crippen LogP contribution in [0.4, 0.5) is 0 Å². The highest BCUT2D eigenvalue weighted by Gasteiger charge is 2.20. The van der Waals surface area contributed by atoms with Gasteiger partial charge in [0.1, 0.15) is 5.75 Å². The van der Waals surface area contributed by atoms with Crippen LogP contribution in [-0.4, -0.2) is 18.2 Å². The van der Waals surface area contributed by atoms with Crippen LogP contribution in [0.5, 0.6) is 5.75 Å². The molecule has 3 N–H and O–H groups in total. The Morgan fingerprint density at radius 3 is 2.79 bits per heavy atom. The Labute approximate surface area is 146 Å². The molecule has 4 rings (SSSR count). The summed E-state index contributed by atoms with van der Waals surface area (Å²) < 4.78 is 7.88. The number of aromatic nitrogens is 1. The zero-order valence-electron chi connectivity index (χ0n) is 13.7. The van der Waals surface area contributed by atoms with Gasteiger partial charge in [0.15, 0.2) is 0 Å². The highest BCUT2D eigenvalue weighted by atomic mass is 32.2. The average molecular weight is 339 g/mol. The van der Waals surface area contributed by atoms with Crippen molar-refractivity contribution in [3.63, 3.8) is 0 Å². The van der Waals surface area contributed by atoms with E-state index in [9.17, 15) is 0 Å². The van der Waals surface area contributed by atoms with Crippen molar-refractivity contribution in [1.82, 2.24) is 9.88 Å². The van der Waals surface area contributed by atoms with E-state index >= 15 is 0 Å². The number of methoxy groups -OCH3 is 1. The number of nitrogens with one attached hydrogen (secondary N) is 1. The van der Waals surface area contributed by atoms with E-state index in [4.69, 9.17) is 9.88 Å². The van der Waals surface area contributed by atoms with E-state index in [2.05, 4.69) is 46.3 Å². The molecule has 2 aromatic carbocycles. The van der Waals surface area contributed by atoms with Gasteiger partial charge in [-0.25, -0.2) is 0 Å². The second-order valence-electron chi connectivity index (χ2n) is 6.08. The van der Waals surface area contributed by atoms with Gasteiger partial charge in [-0.05, 0) is 53.4 Å². The van der Waals surface area contributed by atoms with Gasteiger partial charge in [-0.2, -0.15) is 0 Å². The summed E-state index contributed by atoms with van der Waals surface area (Å²) in [4.78, 5) is 1.09. The third-order valence-electron chi connectivity index (χ3n) is 4.73. The fraction of sp³-hybridized carbons (Fsp3) is 0.263. The molecular weight excluding hydrogens is 318 g/mol. The van der Waals surface area contributed by atoms with Gasteiger partial charge < -0.3 is 14.6 Å². The Bertz CT molecular complexity index is 870. The van der Waals surface area contributed by atoms with Crippen LogP contribution in [0.2, 0.25) is 0 Å². The summed E-state index contributed by atoms with van der Waals surface area (Å²) in [5, 5.41) is 10.4. The molecule has 1 aliphatic rings. The molecular formula is C19H21N3OS. The molecule has 4 nitrogen and oxygen atoms in total. The minimum Gasteiger partial charge on any atom is -0.497 e. The number of hydrogen-bond acceptors (Lipinski definition) is 4. The molecule has 0 unspecified atom stereocenters. The number of hydrogen-bond donors (Lipinski definition) is 2. The lowest BCUT2D eigenvalue weighted by Crippen LogP contribution is -2.24. The number of nitrogens with two attached hydrogens (primary N) is 1. The second kappa shape index (κ2) is 6.51. The van der Waals surface area contributed by atoms with Gasteiger partial charge in [0.25, 0.3) is 0 Å². The molecule has 0 fully saturated rings. The lowest BCUT2D eigenvalue weighted by atomic mass is 10.1. The molecule has 0 atom stereocenters. The summed E-state index contributed by atoms with van der Waals surface area (Å²) in [5.41, 5.74) is 5.42. The van der Waals surface area contributed by atoms with Crippen molar-refractivity contribution in [1.29, 1.82) is 0 Å². The summed E-state index contributed by atoms with van der Waals surface area (Å²) >= 11 is 1.29. The van der Waals surface area contributed by atoms with Crippen molar-refractivity contribution in [3.05, 3.63) is 59.3 Å². The minimum absolute atomic E-state index is 0.883. The topological polar surface area (TPSA) is 52.2 Å². The SMILES string of the molecule is COc1ccc2c(c1)c1c(n2Cc2ccc(SN)cc2)CCNC1. The van der Waals surface area contributed by atoms with Gasteiger partial charge in [-0.1, -0.05) is 12.1 Å². The van der Waals surface area contributed by atoms with E-state index in [0.29, 0.717) is 0 Å². The fourth-order valence-corrected chi connectivity index (χ4v) is 3.82. The largest absolute Gasteiger partial charge is 0.497 e. The Hall–Kier alpha value is -1.95. The van der Waals surface area contributed by atoms with Crippen molar-refractivity contribution in [3.8, 4) is 5.75 Å². The van der Waals surface area contributed by atoms with E-state index in [1.165, 1.54) is 39.7 Å². The first-order valence-electron chi connectivity index (χ1n) is 8.14. The first kappa shape index (κ1) is 15.6. The van der Waals surface area contributed by atoms with Crippen LogP contribution in [0.25, 0.3) is 10.9 Å². The van der Waals surface area contributed by atoms with Crippen molar-refractivity contribution < 1.29 is 4.74 Å². The maximum atomic E-state index is 5.62. The highest BCUT2D eigenvalue weighted by Crippen LogP contribution is 2.32. The summed E-state index contributed by atoms with van der Waals surface area (Å²) in [6.07, 6.45) is 1.06. The molecule has 0 spiro atoms. The zero-order chi connectivity index (χ0) is 16.5. The van der Waals surface area contributed by atoms with Crippen LogP contribution in [0.1, 0.15) is 16.8 Å². The van der Waals surface area contributed by atoms with Crippen molar-refractivity contribution >= 4 is 22.9 Å². The molecule has 124 valence electrons. The van der Waals surface area contributed by atoms with Gasteiger partial charge in [-0.15, -0.1) is 0 Å². The smallest absolute Gasteiger partial charge is 0.119 e. The molecule has 0 saturated heterocycles. The molecule has 1 aromatic heterocycles. The molecule has 3 aromatic rings. The normalized spacial score (nSPS) is 13.9. The first-order valence-corrected chi connectivity index (χ1v) is 9.02. The van der Waals surface area contributed by atoms with Crippen LogP contribution in [0.3, 0.4) is 0 Å². The van der Waals surface area contributed by atoms with Gasteiger partial charge >= 0.3 is 0 Å². The van der Waals surface area contributed by atoms with Crippen LogP contribution in [0, 0.1) is 0 Å². The van der Waals surface area contributed by atoms with E-state index in [1.807, 2.05) is 6.07 Å². The number of nitrogens with zero attached hydrogens (tertiary/aromatic N) is 1. The van der Waals surface area contributed by atoms with Crippen molar-refractivity contribution in [2.24, 2.45) is 5.14 Å². The Kier molecular flexibility index (Phi) is 4.22. The molecule has 24 heavy (non-hydrogen) atoms. The zero-order valence-corrected chi connectivity index (χ0v) is 14.5. The van der Waals surface area contributed by atoms with Crippen LogP contribution >= 0.6 is 11.9 Å². The number of benzene rings is 2. The fourth-order valence-electron chi connectivity index (χ4n) is 3.52. The summed E-state index contributed by atoms with van der Waals surface area (Å²) in [6.45, 7) is 2.84. The van der Waals surface area contributed by atoms with Gasteiger partial charge in [0.05, 0.1) is 7.11 Å². The second-order valence-corrected chi connectivity index (χ2v) is 6.79. The molecule has 5 heteroatoms. The first-order chi connectivity index (χ1) is 11.8. The predicted octanol–water partition coefficient (Wildman–Crippen LogP) is 3.31. The minimum atomic E-state index is 0.883. The highest BCUT2D eigenvalue weighted by molar-refractivity contribution is 7.97.